The highest BCUT2D eigenvalue weighted by Gasteiger charge is 2.53. The average Bonchev–Trinajstić information content (AvgIpc) is 3.79. The van der Waals surface area contributed by atoms with Crippen LogP contribution in [-0.4, -0.2) is 24.6 Å². The molecule has 1 fully saturated rings. The number of fused-ring (bicyclic) bond motifs is 1. The van der Waals surface area contributed by atoms with Crippen molar-refractivity contribution in [3.05, 3.63) is 136 Å². The van der Waals surface area contributed by atoms with Gasteiger partial charge in [-0.1, -0.05) is 42.1 Å². The van der Waals surface area contributed by atoms with E-state index in [1.165, 1.54) is 30.5 Å². The minimum Gasteiger partial charge on any atom is -0.497 e. The Morgan fingerprint density at radius 1 is 0.974 bits per heavy atom. The highest BCUT2D eigenvalue weighted by Crippen LogP contribution is 2.48. The summed E-state index contributed by atoms with van der Waals surface area (Å²) in [6, 6.07) is 13.0. The molecule has 0 saturated heterocycles. The Kier molecular flexibility index (Phi) is 7.33. The normalized spacial score (nSPS) is 17.0. The lowest BCUT2D eigenvalue weighted by Crippen LogP contribution is -2.22. The van der Waals surface area contributed by atoms with Crippen LogP contribution in [0.15, 0.2) is 125 Å². The van der Waals surface area contributed by atoms with Gasteiger partial charge in [-0.05, 0) is 84.7 Å². The summed E-state index contributed by atoms with van der Waals surface area (Å²) in [5.74, 6) is 0.802. The minimum atomic E-state index is -1.00. The maximum absolute atomic E-state index is 13.1. The van der Waals surface area contributed by atoms with Crippen LogP contribution in [0.25, 0.3) is 12.2 Å². The number of carbonyl (C=O) groups is 2. The van der Waals surface area contributed by atoms with Crippen LogP contribution in [0, 0.1) is 11.2 Å². The molecular formula is C33H24FNO4. The van der Waals surface area contributed by atoms with Gasteiger partial charge in [-0.25, -0.2) is 9.38 Å². The first kappa shape index (κ1) is 25.6. The molecule has 0 atom stereocenters. The number of aliphatic imine (C=N–C) groups is 1. The summed E-state index contributed by atoms with van der Waals surface area (Å²) >= 11 is 0. The molecule has 1 aliphatic heterocycles. The number of nitrogens with zero attached hydrogens (tertiary/aromatic N) is 1. The molecule has 2 aliphatic carbocycles. The fraction of sp³-hybridized carbons (Fsp3) is 0.121. The van der Waals surface area contributed by atoms with E-state index in [4.69, 9.17) is 9.47 Å². The molecule has 5 nitrogen and oxygen atoms in total. The molecule has 2 aromatic carbocycles. The van der Waals surface area contributed by atoms with E-state index in [0.29, 0.717) is 41.4 Å². The van der Waals surface area contributed by atoms with Gasteiger partial charge in [0.25, 0.3) is 0 Å². The van der Waals surface area contributed by atoms with Crippen LogP contribution < -0.4 is 4.74 Å². The first-order valence-corrected chi connectivity index (χ1v) is 12.4. The number of benzene rings is 2. The van der Waals surface area contributed by atoms with Crippen LogP contribution in [0.5, 0.6) is 5.75 Å². The fourth-order valence-corrected chi connectivity index (χ4v) is 4.09. The van der Waals surface area contributed by atoms with Gasteiger partial charge in [0.05, 0.1) is 24.3 Å². The van der Waals surface area contributed by atoms with Crippen LogP contribution in [0.3, 0.4) is 0 Å². The van der Waals surface area contributed by atoms with E-state index in [1.807, 2.05) is 18.2 Å². The standard InChI is InChI=1S/C33H24FNO4/c1-38-28-5-2-6-29-25(22-28)4-3-21-35-32(29)39-27-15-9-24(10-16-27)12-18-31(37)33(19-20-33)30(36)17-11-23-7-13-26(34)14-8-23/h2,4-5,7-18,21-22H,19-20H2,1H3/b17-11+,18-12+. The second-order valence-corrected chi connectivity index (χ2v) is 9.13. The molecule has 39 heavy (non-hydrogen) atoms. The molecule has 192 valence electrons. The van der Waals surface area contributed by atoms with Gasteiger partial charge in [0, 0.05) is 5.57 Å². The lowest BCUT2D eigenvalue weighted by molar-refractivity contribution is -0.129. The van der Waals surface area contributed by atoms with Gasteiger partial charge in [-0.2, -0.15) is 0 Å². The first-order valence-electron chi connectivity index (χ1n) is 12.4. The number of carbonyl (C=O) groups excluding carboxylic acids is 2. The largest absolute Gasteiger partial charge is 0.497 e. The van der Waals surface area contributed by atoms with E-state index in [2.05, 4.69) is 16.5 Å². The number of methoxy groups -OCH3 is 1. The minimum absolute atomic E-state index is 0.223. The number of hydrogen-bond donors (Lipinski definition) is 0. The van der Waals surface area contributed by atoms with Gasteiger partial charge < -0.3 is 9.47 Å². The zero-order valence-electron chi connectivity index (χ0n) is 21.2. The van der Waals surface area contributed by atoms with Gasteiger partial charge in [-0.15, -0.1) is 5.73 Å². The quantitative estimate of drug-likeness (QED) is 0.228. The van der Waals surface area contributed by atoms with Crippen molar-refractivity contribution in [1.29, 1.82) is 0 Å². The van der Waals surface area contributed by atoms with Crippen molar-refractivity contribution >= 4 is 29.6 Å². The van der Waals surface area contributed by atoms with Gasteiger partial charge in [-0.3, -0.25) is 9.59 Å². The molecule has 3 aliphatic rings. The molecule has 2 aromatic rings. The number of ether oxygens (including phenoxy) is 2. The molecule has 0 bridgehead atoms. The van der Waals surface area contributed by atoms with Gasteiger partial charge in [0.15, 0.2) is 11.6 Å². The fourth-order valence-electron chi connectivity index (χ4n) is 4.09. The predicted molar refractivity (Wildman–Crippen MR) is 148 cm³/mol. The van der Waals surface area contributed by atoms with Gasteiger partial charge in [0.1, 0.15) is 17.3 Å². The number of ketones is 2. The molecule has 0 unspecified atom stereocenters. The van der Waals surface area contributed by atoms with E-state index < -0.39 is 5.41 Å². The summed E-state index contributed by atoms with van der Waals surface area (Å²) < 4.78 is 24.5. The molecule has 0 aromatic heterocycles. The Morgan fingerprint density at radius 3 is 2.23 bits per heavy atom. The van der Waals surface area contributed by atoms with Crippen molar-refractivity contribution in [2.24, 2.45) is 10.4 Å². The lowest BCUT2D eigenvalue weighted by Gasteiger charge is -2.10. The van der Waals surface area contributed by atoms with Crippen molar-refractivity contribution in [3.8, 4) is 5.75 Å². The number of rotatable bonds is 8. The molecule has 0 amide bonds. The summed E-state index contributed by atoms with van der Waals surface area (Å²) in [4.78, 5) is 30.0. The summed E-state index contributed by atoms with van der Waals surface area (Å²) in [6.45, 7) is 0. The predicted octanol–water partition coefficient (Wildman–Crippen LogP) is 6.48. The Hall–Kier alpha value is -5.02. The topological polar surface area (TPSA) is 65.0 Å². The second kappa shape index (κ2) is 11.2. The highest BCUT2D eigenvalue weighted by molar-refractivity contribution is 6.19. The average molecular weight is 518 g/mol. The summed E-state index contributed by atoms with van der Waals surface area (Å²) in [5, 5.41) is 0. The van der Waals surface area contributed by atoms with Crippen LogP contribution in [0.4, 0.5) is 4.39 Å². The zero-order chi connectivity index (χ0) is 27.2. The molecule has 1 heterocycles. The number of allylic oxidation sites excluding steroid dienone is 5. The van der Waals surface area contributed by atoms with Crippen molar-refractivity contribution in [2.45, 2.75) is 12.8 Å². The Balaban J connectivity index is 1.23. The number of halogens is 1. The third kappa shape index (κ3) is 5.94. The molecule has 0 N–H and O–H groups in total. The Bertz CT molecular complexity index is 1600. The van der Waals surface area contributed by atoms with Crippen molar-refractivity contribution < 1.29 is 23.5 Å². The van der Waals surface area contributed by atoms with Crippen LogP contribution in [-0.2, 0) is 14.3 Å². The Morgan fingerprint density at radius 2 is 1.62 bits per heavy atom. The molecule has 6 heteroatoms. The highest BCUT2D eigenvalue weighted by atomic mass is 19.1. The third-order valence-electron chi connectivity index (χ3n) is 6.52. The van der Waals surface area contributed by atoms with E-state index >= 15 is 0 Å². The maximum atomic E-state index is 13.1. The molecule has 0 spiro atoms. The smallest absolute Gasteiger partial charge is 0.235 e. The van der Waals surface area contributed by atoms with Crippen LogP contribution >= 0.6 is 0 Å². The van der Waals surface area contributed by atoms with Crippen LogP contribution in [0.2, 0.25) is 0 Å². The van der Waals surface area contributed by atoms with Crippen molar-refractivity contribution in [1.82, 2.24) is 0 Å². The zero-order valence-corrected chi connectivity index (χ0v) is 21.2. The van der Waals surface area contributed by atoms with Crippen LogP contribution in [0.1, 0.15) is 24.0 Å². The summed E-state index contributed by atoms with van der Waals surface area (Å²) in [7, 11) is 1.60. The molecular weight excluding hydrogens is 493 g/mol. The second-order valence-electron chi connectivity index (χ2n) is 9.13. The monoisotopic (exact) mass is 517 g/mol. The van der Waals surface area contributed by atoms with Crippen molar-refractivity contribution in [2.75, 3.05) is 7.11 Å². The SMILES string of the molecule is COC1=CC=C=C2C(=C1)C=C=CN=C2Oc1ccc(/C=C/C(=O)C2(C(=O)/C=C/c3ccc(F)cc3)CC2)cc1. The molecule has 1 saturated carbocycles. The van der Waals surface area contributed by atoms with Crippen molar-refractivity contribution in [3.63, 3.8) is 0 Å². The van der Waals surface area contributed by atoms with E-state index in [1.54, 1.807) is 61.8 Å². The maximum Gasteiger partial charge on any atom is 0.235 e. The first-order chi connectivity index (χ1) is 19.0. The summed E-state index contributed by atoms with van der Waals surface area (Å²) in [6.07, 6.45) is 15.9. The third-order valence-corrected chi connectivity index (χ3v) is 6.52. The van der Waals surface area contributed by atoms with E-state index in [-0.39, 0.29) is 17.4 Å². The molecule has 5 rings (SSSR count). The molecule has 0 radical (unpaired) electrons. The van der Waals surface area contributed by atoms with E-state index in [9.17, 15) is 14.0 Å². The lowest BCUT2D eigenvalue weighted by atomic mass is 9.93. The van der Waals surface area contributed by atoms with Gasteiger partial charge >= 0.3 is 0 Å². The van der Waals surface area contributed by atoms with E-state index in [0.717, 1.165) is 11.1 Å². The summed E-state index contributed by atoms with van der Waals surface area (Å²) in [5.41, 5.74) is 8.12. The number of hydrogen-bond acceptors (Lipinski definition) is 5. The Labute approximate surface area is 225 Å². The van der Waals surface area contributed by atoms with Gasteiger partial charge in [0.2, 0.25) is 5.90 Å².